The number of carbonyl (C=O) groups is 3. The number of ether oxygens (including phenoxy) is 1. The van der Waals surface area contributed by atoms with Gasteiger partial charge in [0.2, 0.25) is 5.91 Å². The molecule has 4 aromatic rings. The first-order valence-electron chi connectivity index (χ1n) is 11.4. The third-order valence-corrected chi connectivity index (χ3v) is 6.45. The summed E-state index contributed by atoms with van der Waals surface area (Å²) in [5.41, 5.74) is 1.84. The summed E-state index contributed by atoms with van der Waals surface area (Å²) >= 11 is 1.32. The second-order valence-corrected chi connectivity index (χ2v) is 9.14. The zero-order valence-corrected chi connectivity index (χ0v) is 20.5. The van der Waals surface area contributed by atoms with Crippen molar-refractivity contribution in [1.82, 2.24) is 0 Å². The lowest BCUT2D eigenvalue weighted by molar-refractivity contribution is -0.118. The number of amides is 2. The van der Waals surface area contributed by atoms with Crippen molar-refractivity contribution in [3.63, 3.8) is 0 Å². The minimum Gasteiger partial charge on any atom is -0.484 e. The quantitative estimate of drug-likeness (QED) is 0.229. The van der Waals surface area contributed by atoms with E-state index < -0.39 is 11.2 Å². The molecule has 3 N–H and O–H groups in total. The number of hydrogen-bond acceptors (Lipinski definition) is 5. The van der Waals surface area contributed by atoms with Gasteiger partial charge in [0.25, 0.3) is 5.91 Å². The van der Waals surface area contributed by atoms with Crippen LogP contribution in [0.4, 0.5) is 11.4 Å². The molecule has 0 aromatic heterocycles. The minimum absolute atomic E-state index is 0.0846. The van der Waals surface area contributed by atoms with E-state index in [1.54, 1.807) is 42.5 Å². The van der Waals surface area contributed by atoms with E-state index >= 15 is 0 Å². The van der Waals surface area contributed by atoms with E-state index in [1.807, 2.05) is 54.6 Å². The number of anilines is 2. The first-order valence-corrected chi connectivity index (χ1v) is 12.3. The van der Waals surface area contributed by atoms with Crippen LogP contribution in [0.15, 0.2) is 114 Å². The van der Waals surface area contributed by atoms with Gasteiger partial charge >= 0.3 is 5.97 Å². The number of carbonyl (C=O) groups excluding carboxylic acids is 2. The zero-order chi connectivity index (χ0) is 26.0. The first kappa shape index (κ1) is 25.5. The number of carboxylic acid groups (broad SMARTS) is 1. The summed E-state index contributed by atoms with van der Waals surface area (Å²) in [5, 5.41) is 14.3. The molecule has 0 aliphatic carbocycles. The highest BCUT2D eigenvalue weighted by molar-refractivity contribution is 8.00. The molecule has 0 bridgehead atoms. The van der Waals surface area contributed by atoms with Gasteiger partial charge in [-0.3, -0.25) is 9.59 Å². The summed E-state index contributed by atoms with van der Waals surface area (Å²) in [6, 6.07) is 31.7. The van der Waals surface area contributed by atoms with E-state index in [0.29, 0.717) is 17.1 Å². The number of rotatable bonds is 10. The van der Waals surface area contributed by atoms with Crippen molar-refractivity contribution in [2.75, 3.05) is 17.2 Å². The highest BCUT2D eigenvalue weighted by atomic mass is 32.2. The van der Waals surface area contributed by atoms with Crippen molar-refractivity contribution >= 4 is 40.9 Å². The normalized spacial score (nSPS) is 11.2. The SMILES string of the molecule is O=C(COc1ccccc1)Nc1cccc(SC(C(=O)Nc2cccc(C(=O)O)c2)c2ccccc2)c1. The van der Waals surface area contributed by atoms with Crippen molar-refractivity contribution in [3.05, 3.63) is 120 Å². The molecule has 0 fully saturated rings. The third-order valence-electron chi connectivity index (χ3n) is 5.20. The van der Waals surface area contributed by atoms with Crippen LogP contribution in [0.3, 0.4) is 0 Å². The highest BCUT2D eigenvalue weighted by Crippen LogP contribution is 2.37. The van der Waals surface area contributed by atoms with Crippen LogP contribution in [-0.2, 0) is 9.59 Å². The predicted octanol–water partition coefficient (Wildman–Crippen LogP) is 5.87. The summed E-state index contributed by atoms with van der Waals surface area (Å²) in [6.45, 7) is -0.133. The van der Waals surface area contributed by atoms with Crippen LogP contribution in [0.25, 0.3) is 0 Å². The highest BCUT2D eigenvalue weighted by Gasteiger charge is 2.23. The summed E-state index contributed by atoms with van der Waals surface area (Å²) < 4.78 is 5.50. The fourth-order valence-electron chi connectivity index (χ4n) is 3.48. The average molecular weight is 513 g/mol. The largest absolute Gasteiger partial charge is 0.484 e. The second kappa shape index (κ2) is 12.4. The van der Waals surface area contributed by atoms with Crippen molar-refractivity contribution < 1.29 is 24.2 Å². The summed E-state index contributed by atoms with van der Waals surface area (Å²) in [5.74, 6) is -1.07. The van der Waals surface area contributed by atoms with Crippen molar-refractivity contribution in [2.45, 2.75) is 10.1 Å². The molecule has 2 amide bonds. The molecular weight excluding hydrogens is 488 g/mol. The van der Waals surface area contributed by atoms with Crippen LogP contribution < -0.4 is 15.4 Å². The van der Waals surface area contributed by atoms with Gasteiger partial charge in [-0.05, 0) is 54.1 Å². The number of benzene rings is 4. The van der Waals surface area contributed by atoms with Crippen LogP contribution in [0.5, 0.6) is 5.75 Å². The van der Waals surface area contributed by atoms with E-state index in [1.165, 1.54) is 23.9 Å². The number of carboxylic acids is 1. The molecule has 1 unspecified atom stereocenters. The van der Waals surface area contributed by atoms with Gasteiger partial charge in [0.1, 0.15) is 11.0 Å². The molecule has 4 aromatic carbocycles. The number of nitrogens with one attached hydrogen (secondary N) is 2. The smallest absolute Gasteiger partial charge is 0.335 e. The molecule has 37 heavy (non-hydrogen) atoms. The number of thioether (sulfide) groups is 1. The van der Waals surface area contributed by atoms with Crippen LogP contribution in [0.2, 0.25) is 0 Å². The maximum Gasteiger partial charge on any atom is 0.335 e. The Morgan fingerprint density at radius 2 is 1.41 bits per heavy atom. The Balaban J connectivity index is 1.47. The fourth-order valence-corrected chi connectivity index (χ4v) is 4.57. The van der Waals surface area contributed by atoms with Crippen LogP contribution in [0.1, 0.15) is 21.2 Å². The molecule has 0 heterocycles. The Bertz CT molecular complexity index is 1380. The third kappa shape index (κ3) is 7.46. The average Bonchev–Trinajstić information content (AvgIpc) is 2.92. The van der Waals surface area contributed by atoms with E-state index in [0.717, 1.165) is 10.5 Å². The van der Waals surface area contributed by atoms with Crippen LogP contribution in [0, 0.1) is 0 Å². The number of aromatic carboxylic acids is 1. The van der Waals surface area contributed by atoms with E-state index in [4.69, 9.17) is 4.74 Å². The van der Waals surface area contributed by atoms with E-state index in [-0.39, 0.29) is 24.0 Å². The molecule has 0 spiro atoms. The monoisotopic (exact) mass is 512 g/mol. The second-order valence-electron chi connectivity index (χ2n) is 7.96. The number of hydrogen-bond donors (Lipinski definition) is 3. The lowest BCUT2D eigenvalue weighted by Crippen LogP contribution is -2.20. The van der Waals surface area contributed by atoms with Gasteiger partial charge in [0, 0.05) is 16.3 Å². The zero-order valence-electron chi connectivity index (χ0n) is 19.7. The van der Waals surface area contributed by atoms with Crippen molar-refractivity contribution in [3.8, 4) is 5.75 Å². The molecule has 7 nitrogen and oxygen atoms in total. The topological polar surface area (TPSA) is 105 Å². The predicted molar refractivity (Wildman–Crippen MR) is 144 cm³/mol. The Kier molecular flexibility index (Phi) is 8.57. The van der Waals surface area contributed by atoms with Crippen molar-refractivity contribution in [2.24, 2.45) is 0 Å². The molecule has 1 atom stereocenters. The van der Waals surface area contributed by atoms with Gasteiger partial charge < -0.3 is 20.5 Å². The minimum atomic E-state index is -1.07. The molecule has 0 aliphatic heterocycles. The van der Waals surface area contributed by atoms with E-state index in [2.05, 4.69) is 10.6 Å². The summed E-state index contributed by atoms with van der Waals surface area (Å²) in [4.78, 5) is 37.8. The maximum absolute atomic E-state index is 13.3. The Labute approximate surface area is 218 Å². The first-order chi connectivity index (χ1) is 18.0. The van der Waals surface area contributed by atoms with Gasteiger partial charge in [0.15, 0.2) is 6.61 Å². The molecule has 4 rings (SSSR count). The van der Waals surface area contributed by atoms with Crippen molar-refractivity contribution in [1.29, 1.82) is 0 Å². The van der Waals surface area contributed by atoms with Gasteiger partial charge in [0.05, 0.1) is 5.56 Å². The lowest BCUT2D eigenvalue weighted by Gasteiger charge is -2.18. The maximum atomic E-state index is 13.3. The molecule has 0 aliphatic rings. The van der Waals surface area contributed by atoms with Gasteiger partial charge in [-0.2, -0.15) is 0 Å². The van der Waals surface area contributed by atoms with Crippen LogP contribution >= 0.6 is 11.8 Å². The molecule has 186 valence electrons. The summed E-state index contributed by atoms with van der Waals surface area (Å²) in [6.07, 6.45) is 0. The van der Waals surface area contributed by atoms with Gasteiger partial charge in [-0.25, -0.2) is 4.79 Å². The molecule has 0 radical (unpaired) electrons. The summed E-state index contributed by atoms with van der Waals surface area (Å²) in [7, 11) is 0. The lowest BCUT2D eigenvalue weighted by atomic mass is 10.1. The fraction of sp³-hybridized carbons (Fsp3) is 0.0690. The van der Waals surface area contributed by atoms with E-state index in [9.17, 15) is 19.5 Å². The molecular formula is C29H24N2O5S. The van der Waals surface area contributed by atoms with Crippen LogP contribution in [-0.4, -0.2) is 29.5 Å². The number of para-hydroxylation sites is 1. The van der Waals surface area contributed by atoms with Gasteiger partial charge in [-0.1, -0.05) is 60.7 Å². The molecule has 0 saturated carbocycles. The Morgan fingerprint density at radius 3 is 2.11 bits per heavy atom. The Morgan fingerprint density at radius 1 is 0.757 bits per heavy atom. The van der Waals surface area contributed by atoms with Gasteiger partial charge in [-0.15, -0.1) is 11.8 Å². The molecule has 8 heteroatoms. The molecule has 0 saturated heterocycles. The Hall–Kier alpha value is -4.56. The standard InChI is InChI=1S/C29H24N2O5S/c32-26(19-36-24-14-5-2-6-15-24)30-23-13-8-16-25(18-23)37-27(20-9-3-1-4-10-20)28(33)31-22-12-7-11-21(17-22)29(34)35/h1-18,27H,19H2,(H,30,32)(H,31,33)(H,34,35).